The summed E-state index contributed by atoms with van der Waals surface area (Å²) in [6, 6.07) is 7.10. The number of hydrogen-bond acceptors (Lipinski definition) is 4. The lowest BCUT2D eigenvalue weighted by Crippen LogP contribution is -1.83. The number of aromatic nitrogens is 2. The Morgan fingerprint density at radius 1 is 1.47 bits per heavy atom. The highest BCUT2D eigenvalue weighted by Gasteiger charge is 2.11. The van der Waals surface area contributed by atoms with Crippen molar-refractivity contribution in [3.63, 3.8) is 0 Å². The van der Waals surface area contributed by atoms with Gasteiger partial charge in [0.1, 0.15) is 11.6 Å². The molecule has 0 amide bonds. The SMILES string of the molecule is CSc1cccc(O)c1-c1cc(N)n[nH]1. The molecular formula is C10H11N3OS. The monoisotopic (exact) mass is 221 g/mol. The van der Waals surface area contributed by atoms with E-state index in [2.05, 4.69) is 10.2 Å². The molecule has 2 aromatic rings. The molecule has 1 aromatic heterocycles. The highest BCUT2D eigenvalue weighted by Crippen LogP contribution is 2.36. The molecule has 1 heterocycles. The number of phenolic OH excluding ortho intramolecular Hbond substituents is 1. The van der Waals surface area contributed by atoms with Crippen molar-refractivity contribution in [3.8, 4) is 17.0 Å². The van der Waals surface area contributed by atoms with Crippen molar-refractivity contribution in [2.45, 2.75) is 4.90 Å². The van der Waals surface area contributed by atoms with Crippen LogP contribution in [-0.2, 0) is 0 Å². The summed E-state index contributed by atoms with van der Waals surface area (Å²) in [4.78, 5) is 0.985. The molecule has 0 unspecified atom stereocenters. The largest absolute Gasteiger partial charge is 0.507 e. The summed E-state index contributed by atoms with van der Waals surface area (Å²) in [5.41, 5.74) is 7.00. The van der Waals surface area contributed by atoms with Crippen LogP contribution in [0.25, 0.3) is 11.3 Å². The van der Waals surface area contributed by atoms with E-state index in [1.54, 1.807) is 23.9 Å². The zero-order valence-corrected chi connectivity index (χ0v) is 9.01. The number of nitrogens with zero attached hydrogens (tertiary/aromatic N) is 1. The summed E-state index contributed by atoms with van der Waals surface area (Å²) in [6.07, 6.45) is 1.96. The average molecular weight is 221 g/mol. The van der Waals surface area contributed by atoms with Gasteiger partial charge in [0, 0.05) is 11.0 Å². The number of aromatic amines is 1. The van der Waals surface area contributed by atoms with Gasteiger partial charge >= 0.3 is 0 Å². The molecule has 0 saturated carbocycles. The number of nitrogens with two attached hydrogens (primary N) is 1. The Morgan fingerprint density at radius 2 is 2.27 bits per heavy atom. The molecule has 0 saturated heterocycles. The molecular weight excluding hydrogens is 210 g/mol. The van der Waals surface area contributed by atoms with E-state index in [4.69, 9.17) is 5.73 Å². The van der Waals surface area contributed by atoms with E-state index >= 15 is 0 Å². The Kier molecular flexibility index (Phi) is 2.55. The minimum absolute atomic E-state index is 0.227. The number of aromatic hydroxyl groups is 1. The van der Waals surface area contributed by atoms with Crippen molar-refractivity contribution in [1.29, 1.82) is 0 Å². The molecule has 78 valence electrons. The van der Waals surface area contributed by atoms with Crippen LogP contribution in [-0.4, -0.2) is 21.6 Å². The number of phenols is 1. The molecule has 2 rings (SSSR count). The van der Waals surface area contributed by atoms with Gasteiger partial charge in [-0.15, -0.1) is 11.8 Å². The number of thioether (sulfide) groups is 1. The number of hydrogen-bond donors (Lipinski definition) is 3. The fraction of sp³-hybridized carbons (Fsp3) is 0.100. The average Bonchev–Trinajstić information content (AvgIpc) is 2.64. The normalized spacial score (nSPS) is 10.5. The minimum Gasteiger partial charge on any atom is -0.507 e. The number of H-pyrrole nitrogens is 1. The van der Waals surface area contributed by atoms with Crippen LogP contribution in [0.4, 0.5) is 5.82 Å². The molecule has 0 radical (unpaired) electrons. The second kappa shape index (κ2) is 3.86. The number of benzene rings is 1. The van der Waals surface area contributed by atoms with Gasteiger partial charge in [-0.1, -0.05) is 6.07 Å². The van der Waals surface area contributed by atoms with E-state index in [0.717, 1.165) is 16.2 Å². The predicted octanol–water partition coefficient (Wildman–Crippen LogP) is 2.09. The Bertz CT molecular complexity index is 481. The maximum atomic E-state index is 9.78. The second-order valence-electron chi connectivity index (χ2n) is 3.06. The van der Waals surface area contributed by atoms with E-state index in [1.165, 1.54) is 0 Å². The molecule has 0 aliphatic rings. The van der Waals surface area contributed by atoms with E-state index in [1.807, 2.05) is 18.4 Å². The predicted molar refractivity (Wildman–Crippen MR) is 61.9 cm³/mol. The van der Waals surface area contributed by atoms with Gasteiger partial charge in [0.05, 0.1) is 11.3 Å². The number of nitrogens with one attached hydrogen (secondary N) is 1. The molecule has 5 heteroatoms. The van der Waals surface area contributed by atoms with Crippen molar-refractivity contribution in [3.05, 3.63) is 24.3 Å². The van der Waals surface area contributed by atoms with Crippen LogP contribution in [0.1, 0.15) is 0 Å². The molecule has 0 bridgehead atoms. The Hall–Kier alpha value is -1.62. The molecule has 0 aliphatic carbocycles. The second-order valence-corrected chi connectivity index (χ2v) is 3.91. The highest BCUT2D eigenvalue weighted by molar-refractivity contribution is 7.98. The number of anilines is 1. The van der Waals surface area contributed by atoms with Gasteiger partial charge in [-0.25, -0.2) is 0 Å². The van der Waals surface area contributed by atoms with Crippen LogP contribution < -0.4 is 5.73 Å². The van der Waals surface area contributed by atoms with E-state index < -0.39 is 0 Å². The smallest absolute Gasteiger partial charge is 0.145 e. The maximum Gasteiger partial charge on any atom is 0.145 e. The molecule has 0 aliphatic heterocycles. The molecule has 0 atom stereocenters. The fourth-order valence-corrected chi connectivity index (χ4v) is 2.06. The Morgan fingerprint density at radius 3 is 2.87 bits per heavy atom. The number of nitrogen functional groups attached to an aromatic ring is 1. The molecule has 0 fully saturated rings. The van der Waals surface area contributed by atoms with Gasteiger partial charge in [0.25, 0.3) is 0 Å². The first-order valence-electron chi connectivity index (χ1n) is 4.39. The van der Waals surface area contributed by atoms with Crippen LogP contribution in [0.15, 0.2) is 29.2 Å². The Balaban J connectivity index is 2.60. The van der Waals surface area contributed by atoms with Crippen molar-refractivity contribution < 1.29 is 5.11 Å². The van der Waals surface area contributed by atoms with Gasteiger partial charge in [0.2, 0.25) is 0 Å². The van der Waals surface area contributed by atoms with Crippen molar-refractivity contribution in [2.75, 3.05) is 12.0 Å². The lowest BCUT2D eigenvalue weighted by atomic mass is 10.1. The molecule has 4 nitrogen and oxygen atoms in total. The van der Waals surface area contributed by atoms with Crippen LogP contribution in [0.5, 0.6) is 5.75 Å². The first-order chi connectivity index (χ1) is 7.22. The first-order valence-corrected chi connectivity index (χ1v) is 5.62. The summed E-state index contributed by atoms with van der Waals surface area (Å²) < 4.78 is 0. The third-order valence-corrected chi connectivity index (χ3v) is 2.87. The minimum atomic E-state index is 0.227. The van der Waals surface area contributed by atoms with Crippen molar-refractivity contribution >= 4 is 17.6 Å². The summed E-state index contributed by atoms with van der Waals surface area (Å²) >= 11 is 1.57. The zero-order chi connectivity index (χ0) is 10.8. The summed E-state index contributed by atoms with van der Waals surface area (Å²) in [5.74, 6) is 0.644. The topological polar surface area (TPSA) is 74.9 Å². The van der Waals surface area contributed by atoms with Gasteiger partial charge in [0.15, 0.2) is 0 Å². The van der Waals surface area contributed by atoms with Crippen LogP contribution in [0, 0.1) is 0 Å². The molecule has 4 N–H and O–H groups in total. The summed E-state index contributed by atoms with van der Waals surface area (Å²) in [5, 5.41) is 16.4. The lowest BCUT2D eigenvalue weighted by Gasteiger charge is -2.06. The van der Waals surface area contributed by atoms with Gasteiger partial charge in [-0.2, -0.15) is 5.10 Å². The third-order valence-electron chi connectivity index (χ3n) is 2.09. The standard InChI is InChI=1S/C10H11N3OS/c1-15-8-4-2-3-7(14)10(8)6-5-9(11)13-12-6/h2-5,14H,1H3,(H3,11,12,13). The Labute approximate surface area is 91.5 Å². The lowest BCUT2D eigenvalue weighted by molar-refractivity contribution is 0.476. The summed E-state index contributed by atoms with van der Waals surface area (Å²) in [6.45, 7) is 0. The third kappa shape index (κ3) is 1.78. The first kappa shape index (κ1) is 9.92. The van der Waals surface area contributed by atoms with Gasteiger partial charge < -0.3 is 10.8 Å². The summed E-state index contributed by atoms with van der Waals surface area (Å²) in [7, 11) is 0. The number of rotatable bonds is 2. The molecule has 15 heavy (non-hydrogen) atoms. The van der Waals surface area contributed by atoms with E-state index in [0.29, 0.717) is 5.82 Å². The highest BCUT2D eigenvalue weighted by atomic mass is 32.2. The molecule has 1 aromatic carbocycles. The van der Waals surface area contributed by atoms with Crippen LogP contribution in [0.2, 0.25) is 0 Å². The van der Waals surface area contributed by atoms with E-state index in [-0.39, 0.29) is 5.75 Å². The van der Waals surface area contributed by atoms with Crippen molar-refractivity contribution in [1.82, 2.24) is 10.2 Å². The van der Waals surface area contributed by atoms with E-state index in [9.17, 15) is 5.11 Å². The van der Waals surface area contributed by atoms with Crippen LogP contribution >= 0.6 is 11.8 Å². The maximum absolute atomic E-state index is 9.78. The zero-order valence-electron chi connectivity index (χ0n) is 8.19. The van der Waals surface area contributed by atoms with Crippen molar-refractivity contribution in [2.24, 2.45) is 0 Å². The van der Waals surface area contributed by atoms with Gasteiger partial charge in [-0.05, 0) is 18.4 Å². The molecule has 0 spiro atoms. The fourth-order valence-electron chi connectivity index (χ4n) is 1.43. The van der Waals surface area contributed by atoms with Gasteiger partial charge in [-0.3, -0.25) is 5.10 Å². The quantitative estimate of drug-likeness (QED) is 0.679. The van der Waals surface area contributed by atoms with Crippen LogP contribution in [0.3, 0.4) is 0 Å².